The van der Waals surface area contributed by atoms with Gasteiger partial charge in [-0.1, -0.05) is 40.2 Å². The van der Waals surface area contributed by atoms with E-state index >= 15 is 0 Å². The summed E-state index contributed by atoms with van der Waals surface area (Å²) in [5, 5.41) is 3.30. The van der Waals surface area contributed by atoms with Crippen molar-refractivity contribution >= 4 is 32.7 Å². The Balaban J connectivity index is 1.68. The van der Waals surface area contributed by atoms with Crippen molar-refractivity contribution in [1.29, 1.82) is 0 Å². The standard InChI is InChI=1S/C19H18BrN3O3/c1-26-11-14-4-2-3-13(7-14)9-21-18(24)10-23-12-22-17-6-5-15(20)8-16(17)19(23)25/h2-8,12H,9-11H2,1H3,(H,21,24). The molecule has 6 nitrogen and oxygen atoms in total. The summed E-state index contributed by atoms with van der Waals surface area (Å²) in [5.74, 6) is -0.250. The van der Waals surface area contributed by atoms with Crippen LogP contribution < -0.4 is 10.9 Å². The monoisotopic (exact) mass is 415 g/mol. The van der Waals surface area contributed by atoms with Crippen molar-refractivity contribution in [3.63, 3.8) is 0 Å². The van der Waals surface area contributed by atoms with E-state index in [9.17, 15) is 9.59 Å². The Kier molecular flexibility index (Phi) is 5.80. The first-order valence-electron chi connectivity index (χ1n) is 8.05. The molecule has 0 atom stereocenters. The molecule has 0 aliphatic heterocycles. The molecule has 0 spiro atoms. The third kappa shape index (κ3) is 4.36. The Bertz CT molecular complexity index is 1000. The van der Waals surface area contributed by atoms with E-state index in [0.29, 0.717) is 24.1 Å². The normalized spacial score (nSPS) is 10.8. The predicted octanol–water partition coefficient (Wildman–Crippen LogP) is 2.62. The summed E-state index contributed by atoms with van der Waals surface area (Å²) < 4.78 is 7.21. The van der Waals surface area contributed by atoms with E-state index in [0.717, 1.165) is 15.6 Å². The Hall–Kier alpha value is -2.51. The molecule has 0 bridgehead atoms. The number of fused-ring (bicyclic) bond motifs is 1. The van der Waals surface area contributed by atoms with Gasteiger partial charge in [-0.15, -0.1) is 0 Å². The maximum atomic E-state index is 12.5. The van der Waals surface area contributed by atoms with E-state index in [-0.39, 0.29) is 18.0 Å². The summed E-state index contributed by atoms with van der Waals surface area (Å²) in [7, 11) is 1.64. The summed E-state index contributed by atoms with van der Waals surface area (Å²) in [5.41, 5.74) is 2.37. The highest BCUT2D eigenvalue weighted by Gasteiger charge is 2.09. The lowest BCUT2D eigenvalue weighted by atomic mass is 10.1. The van der Waals surface area contributed by atoms with Gasteiger partial charge in [0.25, 0.3) is 5.56 Å². The number of rotatable bonds is 6. The van der Waals surface area contributed by atoms with Crippen LogP contribution in [0.15, 0.2) is 58.1 Å². The van der Waals surface area contributed by atoms with E-state index in [1.807, 2.05) is 30.3 Å². The van der Waals surface area contributed by atoms with Crippen LogP contribution in [-0.4, -0.2) is 22.6 Å². The Morgan fingerprint density at radius 1 is 1.23 bits per heavy atom. The average molecular weight is 416 g/mol. The molecule has 0 radical (unpaired) electrons. The number of nitrogens with zero attached hydrogens (tertiary/aromatic N) is 2. The molecule has 0 saturated heterocycles. The second-order valence-corrected chi connectivity index (χ2v) is 6.78. The molecule has 1 N–H and O–H groups in total. The van der Waals surface area contributed by atoms with E-state index < -0.39 is 0 Å². The van der Waals surface area contributed by atoms with Crippen molar-refractivity contribution in [2.24, 2.45) is 0 Å². The van der Waals surface area contributed by atoms with Gasteiger partial charge in [-0.2, -0.15) is 0 Å². The molecule has 2 aromatic carbocycles. The molecule has 3 aromatic rings. The van der Waals surface area contributed by atoms with Gasteiger partial charge < -0.3 is 10.1 Å². The number of benzene rings is 2. The van der Waals surface area contributed by atoms with Crippen molar-refractivity contribution in [2.45, 2.75) is 19.7 Å². The fourth-order valence-corrected chi connectivity index (χ4v) is 3.01. The highest BCUT2D eigenvalue weighted by atomic mass is 79.9. The number of methoxy groups -OCH3 is 1. The van der Waals surface area contributed by atoms with Crippen molar-refractivity contribution < 1.29 is 9.53 Å². The zero-order valence-electron chi connectivity index (χ0n) is 14.2. The molecular formula is C19H18BrN3O3. The summed E-state index contributed by atoms with van der Waals surface area (Å²) in [6.45, 7) is 0.833. The van der Waals surface area contributed by atoms with Gasteiger partial charge in [-0.05, 0) is 29.3 Å². The van der Waals surface area contributed by atoms with Crippen LogP contribution >= 0.6 is 15.9 Å². The highest BCUT2D eigenvalue weighted by molar-refractivity contribution is 9.10. The van der Waals surface area contributed by atoms with E-state index in [1.165, 1.54) is 10.9 Å². The second kappa shape index (κ2) is 8.25. The van der Waals surface area contributed by atoms with Crippen LogP contribution in [0, 0.1) is 0 Å². The predicted molar refractivity (Wildman–Crippen MR) is 103 cm³/mol. The largest absolute Gasteiger partial charge is 0.380 e. The Labute approximate surface area is 158 Å². The van der Waals surface area contributed by atoms with Crippen molar-refractivity contribution in [2.75, 3.05) is 7.11 Å². The number of nitrogens with one attached hydrogen (secondary N) is 1. The minimum atomic E-state index is -0.250. The van der Waals surface area contributed by atoms with Crippen LogP contribution in [0.3, 0.4) is 0 Å². The lowest BCUT2D eigenvalue weighted by Gasteiger charge is -2.09. The zero-order valence-corrected chi connectivity index (χ0v) is 15.8. The van der Waals surface area contributed by atoms with Gasteiger partial charge in [0.05, 0.1) is 23.8 Å². The van der Waals surface area contributed by atoms with Gasteiger partial charge in [0.2, 0.25) is 5.91 Å². The number of aromatic nitrogens is 2. The first-order chi connectivity index (χ1) is 12.6. The number of carbonyl (C=O) groups excluding carboxylic acids is 1. The van der Waals surface area contributed by atoms with E-state index in [2.05, 4.69) is 26.2 Å². The van der Waals surface area contributed by atoms with Crippen molar-refractivity contribution in [3.05, 3.63) is 74.7 Å². The van der Waals surface area contributed by atoms with E-state index in [4.69, 9.17) is 4.74 Å². The van der Waals surface area contributed by atoms with Crippen LogP contribution in [0.1, 0.15) is 11.1 Å². The molecule has 0 unspecified atom stereocenters. The number of amides is 1. The fraction of sp³-hybridized carbons (Fsp3) is 0.211. The van der Waals surface area contributed by atoms with Crippen LogP contribution in [0.5, 0.6) is 0 Å². The molecule has 26 heavy (non-hydrogen) atoms. The van der Waals surface area contributed by atoms with Crippen molar-refractivity contribution in [1.82, 2.24) is 14.9 Å². The quantitative estimate of drug-likeness (QED) is 0.671. The smallest absolute Gasteiger partial charge is 0.261 e. The Morgan fingerprint density at radius 2 is 2.04 bits per heavy atom. The molecule has 1 aromatic heterocycles. The maximum Gasteiger partial charge on any atom is 0.261 e. The minimum absolute atomic E-state index is 0.0773. The Morgan fingerprint density at radius 3 is 2.85 bits per heavy atom. The third-order valence-corrected chi connectivity index (χ3v) is 4.39. The lowest BCUT2D eigenvalue weighted by molar-refractivity contribution is -0.121. The summed E-state index contributed by atoms with van der Waals surface area (Å²) >= 11 is 3.35. The number of halogens is 1. The molecule has 3 rings (SSSR count). The van der Waals surface area contributed by atoms with E-state index in [1.54, 1.807) is 19.2 Å². The van der Waals surface area contributed by atoms with Gasteiger partial charge in [-0.25, -0.2) is 4.98 Å². The van der Waals surface area contributed by atoms with Crippen molar-refractivity contribution in [3.8, 4) is 0 Å². The zero-order chi connectivity index (χ0) is 18.5. The lowest BCUT2D eigenvalue weighted by Crippen LogP contribution is -2.32. The number of hydrogen-bond acceptors (Lipinski definition) is 4. The van der Waals surface area contributed by atoms with Crippen LogP contribution in [0.25, 0.3) is 10.9 Å². The molecule has 0 aliphatic rings. The third-order valence-electron chi connectivity index (χ3n) is 3.89. The molecule has 0 aliphatic carbocycles. The molecular weight excluding hydrogens is 398 g/mol. The number of hydrogen-bond donors (Lipinski definition) is 1. The summed E-state index contributed by atoms with van der Waals surface area (Å²) in [6, 6.07) is 13.1. The summed E-state index contributed by atoms with van der Waals surface area (Å²) in [4.78, 5) is 29.0. The molecule has 134 valence electrons. The SMILES string of the molecule is COCc1cccc(CNC(=O)Cn2cnc3ccc(Br)cc3c2=O)c1. The first kappa shape index (κ1) is 18.3. The molecule has 1 heterocycles. The van der Waals surface area contributed by atoms with Gasteiger partial charge in [0, 0.05) is 18.1 Å². The topological polar surface area (TPSA) is 73.2 Å². The summed E-state index contributed by atoms with van der Waals surface area (Å²) in [6.07, 6.45) is 1.40. The van der Waals surface area contributed by atoms with Crippen LogP contribution in [-0.2, 0) is 29.2 Å². The molecule has 1 amide bonds. The van der Waals surface area contributed by atoms with Gasteiger partial charge >= 0.3 is 0 Å². The molecule has 0 fully saturated rings. The highest BCUT2D eigenvalue weighted by Crippen LogP contribution is 2.14. The van der Waals surface area contributed by atoms with Crippen LogP contribution in [0.4, 0.5) is 0 Å². The van der Waals surface area contributed by atoms with Gasteiger partial charge in [0.15, 0.2) is 0 Å². The average Bonchev–Trinajstić information content (AvgIpc) is 2.63. The number of carbonyl (C=O) groups is 1. The van der Waals surface area contributed by atoms with Crippen LogP contribution in [0.2, 0.25) is 0 Å². The maximum absolute atomic E-state index is 12.5. The fourth-order valence-electron chi connectivity index (χ4n) is 2.65. The van der Waals surface area contributed by atoms with Gasteiger partial charge in [-0.3, -0.25) is 14.2 Å². The van der Waals surface area contributed by atoms with Gasteiger partial charge in [0.1, 0.15) is 6.54 Å². The molecule has 0 saturated carbocycles. The molecule has 7 heteroatoms. The number of ether oxygens (including phenoxy) is 1. The first-order valence-corrected chi connectivity index (χ1v) is 8.84. The second-order valence-electron chi connectivity index (χ2n) is 5.87. The minimum Gasteiger partial charge on any atom is -0.380 e.